The molecule has 27 heavy (non-hydrogen) atoms. The minimum Gasteiger partial charge on any atom is -0.426 e. The molecule has 2 aromatic carbocycles. The molecule has 1 atom stereocenters. The van der Waals surface area contributed by atoms with Gasteiger partial charge in [-0.25, -0.2) is 4.98 Å². The van der Waals surface area contributed by atoms with E-state index in [1.807, 2.05) is 55.6 Å². The second kappa shape index (κ2) is 5.54. The topological polar surface area (TPSA) is 62.7 Å². The second-order valence-electron chi connectivity index (χ2n) is 6.85. The van der Waals surface area contributed by atoms with Gasteiger partial charge in [0, 0.05) is 24.9 Å². The Morgan fingerprint density at radius 2 is 1.89 bits per heavy atom. The molecule has 3 aromatic rings. The maximum Gasteiger partial charge on any atom is 0.308 e. The molecule has 0 saturated heterocycles. The fraction of sp³-hybridized carbons (Fsp3) is 0.190. The smallest absolute Gasteiger partial charge is 0.308 e. The third-order valence-corrected chi connectivity index (χ3v) is 5.23. The van der Waals surface area contributed by atoms with Gasteiger partial charge in [-0.15, -0.1) is 0 Å². The van der Waals surface area contributed by atoms with E-state index in [1.54, 1.807) is 4.90 Å². The lowest BCUT2D eigenvalue weighted by Crippen LogP contribution is -2.44. The number of hydrogen-bond acceptors (Lipinski definition) is 5. The van der Waals surface area contributed by atoms with Crippen molar-refractivity contribution in [1.29, 1.82) is 0 Å². The molecule has 6 heteroatoms. The Morgan fingerprint density at radius 3 is 2.70 bits per heavy atom. The Hall–Kier alpha value is -3.41. The number of para-hydroxylation sites is 2. The number of fused-ring (bicyclic) bond motifs is 5. The van der Waals surface area contributed by atoms with Crippen molar-refractivity contribution in [3.8, 4) is 5.75 Å². The quantitative estimate of drug-likeness (QED) is 0.624. The zero-order valence-corrected chi connectivity index (χ0v) is 15.0. The molecular formula is C21H17N3O3. The Bertz CT molecular complexity index is 1120. The number of aromatic nitrogens is 1. The molecule has 6 nitrogen and oxygen atoms in total. The number of ether oxygens (including phenoxy) is 1. The number of benzene rings is 2. The van der Waals surface area contributed by atoms with E-state index < -0.39 is 0 Å². The van der Waals surface area contributed by atoms with Gasteiger partial charge in [0.25, 0.3) is 5.91 Å². The molecule has 1 aromatic heterocycles. The third kappa shape index (κ3) is 2.16. The lowest BCUT2D eigenvalue weighted by molar-refractivity contribution is -0.131. The number of anilines is 1. The maximum absolute atomic E-state index is 13.1. The molecule has 2 aliphatic rings. The van der Waals surface area contributed by atoms with Gasteiger partial charge in [0.2, 0.25) is 0 Å². The van der Waals surface area contributed by atoms with Crippen LogP contribution in [0.25, 0.3) is 10.9 Å². The van der Waals surface area contributed by atoms with E-state index in [0.29, 0.717) is 17.9 Å². The first-order valence-electron chi connectivity index (χ1n) is 8.79. The van der Waals surface area contributed by atoms with Crippen molar-refractivity contribution < 1.29 is 14.3 Å². The Labute approximate surface area is 156 Å². The molecule has 0 N–H and O–H groups in total. The number of carbonyl (C=O) groups is 2. The molecule has 0 saturated carbocycles. The van der Waals surface area contributed by atoms with Crippen LogP contribution in [0, 0.1) is 0 Å². The van der Waals surface area contributed by atoms with Gasteiger partial charge >= 0.3 is 5.97 Å². The summed E-state index contributed by atoms with van der Waals surface area (Å²) in [6.45, 7) is 1.75. The van der Waals surface area contributed by atoms with Gasteiger partial charge in [-0.2, -0.15) is 0 Å². The summed E-state index contributed by atoms with van der Waals surface area (Å²) in [6.07, 6.45) is -0.318. The molecule has 1 unspecified atom stereocenters. The summed E-state index contributed by atoms with van der Waals surface area (Å²) in [6, 6.07) is 15.1. The minimum atomic E-state index is -0.388. The van der Waals surface area contributed by atoms with Gasteiger partial charge in [-0.3, -0.25) is 9.59 Å². The molecular weight excluding hydrogens is 342 g/mol. The average Bonchev–Trinajstić information content (AvgIpc) is 3.05. The van der Waals surface area contributed by atoms with Crippen LogP contribution in [0.2, 0.25) is 0 Å². The second-order valence-corrected chi connectivity index (χ2v) is 6.85. The maximum atomic E-state index is 13.1. The first-order chi connectivity index (χ1) is 13.1. The molecule has 3 heterocycles. The Morgan fingerprint density at radius 1 is 1.15 bits per heavy atom. The lowest BCUT2D eigenvalue weighted by atomic mass is 10.1. The van der Waals surface area contributed by atoms with Crippen LogP contribution in [0.15, 0.2) is 48.5 Å². The molecule has 0 spiro atoms. The van der Waals surface area contributed by atoms with Gasteiger partial charge in [-0.1, -0.05) is 24.3 Å². The number of amides is 1. The van der Waals surface area contributed by atoms with Crippen molar-refractivity contribution in [3.63, 3.8) is 0 Å². The summed E-state index contributed by atoms with van der Waals surface area (Å²) in [5, 5.41) is 0.777. The third-order valence-electron chi connectivity index (χ3n) is 5.23. The number of nitrogens with zero attached hydrogens (tertiary/aromatic N) is 3. The standard InChI is InChI=1S/C21H17N3O3/c1-12(25)27-19-13-7-3-5-9-16(13)22-18-15(19)11-24-20(18)23(2)17-10-6-4-8-14(17)21(24)26/h3-10,20H,11H2,1-2H3. The summed E-state index contributed by atoms with van der Waals surface area (Å²) >= 11 is 0. The average molecular weight is 359 g/mol. The van der Waals surface area contributed by atoms with Crippen molar-refractivity contribution in [2.75, 3.05) is 11.9 Å². The van der Waals surface area contributed by atoms with Crippen molar-refractivity contribution in [1.82, 2.24) is 9.88 Å². The summed E-state index contributed by atoms with van der Waals surface area (Å²) in [4.78, 5) is 33.5. The Kier molecular flexibility index (Phi) is 3.25. The van der Waals surface area contributed by atoms with Crippen molar-refractivity contribution in [3.05, 3.63) is 65.4 Å². The minimum absolute atomic E-state index is 0.0375. The van der Waals surface area contributed by atoms with E-state index in [-0.39, 0.29) is 18.0 Å². The number of hydrogen-bond donors (Lipinski definition) is 0. The molecule has 0 bridgehead atoms. The zero-order chi connectivity index (χ0) is 18.7. The predicted molar refractivity (Wildman–Crippen MR) is 101 cm³/mol. The molecule has 0 radical (unpaired) electrons. The number of esters is 1. The van der Waals surface area contributed by atoms with Gasteiger partial charge in [0.05, 0.1) is 29.0 Å². The SMILES string of the molecule is CC(=O)Oc1c2c(nc3ccccc13)C1N(C2)C(=O)c2ccccc2N1C. The van der Waals surface area contributed by atoms with Gasteiger partial charge in [0.15, 0.2) is 0 Å². The fourth-order valence-corrected chi connectivity index (χ4v) is 4.09. The van der Waals surface area contributed by atoms with Crippen molar-refractivity contribution in [2.45, 2.75) is 19.6 Å². The van der Waals surface area contributed by atoms with E-state index in [4.69, 9.17) is 9.72 Å². The van der Waals surface area contributed by atoms with Gasteiger partial charge < -0.3 is 14.5 Å². The van der Waals surface area contributed by atoms with Crippen LogP contribution in [0.5, 0.6) is 5.75 Å². The highest BCUT2D eigenvalue weighted by Gasteiger charge is 2.44. The summed E-state index contributed by atoms with van der Waals surface area (Å²) in [5.74, 6) is 0.0775. The first kappa shape index (κ1) is 15.8. The molecule has 0 fully saturated rings. The van der Waals surface area contributed by atoms with E-state index in [2.05, 4.69) is 4.90 Å². The molecule has 1 amide bonds. The van der Waals surface area contributed by atoms with Crippen LogP contribution in [0.3, 0.4) is 0 Å². The van der Waals surface area contributed by atoms with Crippen LogP contribution in [-0.4, -0.2) is 28.8 Å². The van der Waals surface area contributed by atoms with E-state index in [9.17, 15) is 9.59 Å². The van der Waals surface area contributed by atoms with Crippen molar-refractivity contribution in [2.24, 2.45) is 0 Å². The van der Waals surface area contributed by atoms with E-state index >= 15 is 0 Å². The van der Waals surface area contributed by atoms with Crippen molar-refractivity contribution >= 4 is 28.5 Å². The number of pyridine rings is 1. The highest BCUT2D eigenvalue weighted by atomic mass is 16.5. The van der Waals surface area contributed by atoms with E-state index in [1.165, 1.54) is 6.92 Å². The van der Waals surface area contributed by atoms with E-state index in [0.717, 1.165) is 27.8 Å². The van der Waals surface area contributed by atoms with Crippen LogP contribution < -0.4 is 9.64 Å². The monoisotopic (exact) mass is 359 g/mol. The highest BCUT2D eigenvalue weighted by Crippen LogP contribution is 2.47. The van der Waals surface area contributed by atoms with Gasteiger partial charge in [-0.05, 0) is 24.3 Å². The summed E-state index contributed by atoms with van der Waals surface area (Å²) < 4.78 is 5.59. The highest BCUT2D eigenvalue weighted by molar-refractivity contribution is 6.03. The largest absolute Gasteiger partial charge is 0.426 e. The molecule has 0 aliphatic carbocycles. The normalized spacial score (nSPS) is 17.6. The molecule has 134 valence electrons. The first-order valence-corrected chi connectivity index (χ1v) is 8.79. The van der Waals surface area contributed by atoms with Crippen LogP contribution in [0.1, 0.15) is 34.7 Å². The van der Waals surface area contributed by atoms with Crippen LogP contribution >= 0.6 is 0 Å². The van der Waals surface area contributed by atoms with Gasteiger partial charge in [0.1, 0.15) is 11.9 Å². The summed E-state index contributed by atoms with van der Waals surface area (Å²) in [5.41, 5.74) is 3.84. The number of rotatable bonds is 1. The van der Waals surface area contributed by atoms with Crippen LogP contribution in [-0.2, 0) is 11.3 Å². The van der Waals surface area contributed by atoms with Crippen LogP contribution in [0.4, 0.5) is 5.69 Å². The fourth-order valence-electron chi connectivity index (χ4n) is 4.09. The zero-order valence-electron chi connectivity index (χ0n) is 15.0. The predicted octanol–water partition coefficient (Wildman–Crippen LogP) is 3.26. The Balaban J connectivity index is 1.76. The molecule has 2 aliphatic heterocycles. The summed E-state index contributed by atoms with van der Waals surface area (Å²) in [7, 11) is 1.96. The molecule has 5 rings (SSSR count). The number of carbonyl (C=O) groups excluding carboxylic acids is 2. The lowest BCUT2D eigenvalue weighted by Gasteiger charge is -2.39.